The largest absolute Gasteiger partial charge is 0.391 e. The van der Waals surface area contributed by atoms with E-state index in [4.69, 9.17) is 0 Å². The van der Waals surface area contributed by atoms with Crippen LogP contribution in [0.1, 0.15) is 52.4 Å². The first kappa shape index (κ1) is 16.4. The van der Waals surface area contributed by atoms with Crippen molar-refractivity contribution in [3.8, 4) is 0 Å². The van der Waals surface area contributed by atoms with Crippen LogP contribution in [0.2, 0.25) is 0 Å². The number of quaternary nitrogens is 1. The van der Waals surface area contributed by atoms with Crippen LogP contribution in [-0.2, 0) is 0 Å². The van der Waals surface area contributed by atoms with Gasteiger partial charge in [0, 0.05) is 6.42 Å². The molecule has 1 rings (SSSR count). The van der Waals surface area contributed by atoms with Gasteiger partial charge in [-0.2, -0.15) is 0 Å². The fourth-order valence-electron chi connectivity index (χ4n) is 2.93. The monoisotopic (exact) mass is 267 g/mol. The van der Waals surface area contributed by atoms with E-state index < -0.39 is 0 Å². The van der Waals surface area contributed by atoms with Crippen molar-refractivity contribution in [1.29, 1.82) is 0 Å². The summed E-state index contributed by atoms with van der Waals surface area (Å²) >= 11 is 0. The Morgan fingerprint density at radius 1 is 1.26 bits per heavy atom. The van der Waals surface area contributed by atoms with Crippen LogP contribution in [0.5, 0.6) is 0 Å². The molecule has 110 valence electrons. The number of hydrogen-bond donors (Lipinski definition) is 1. The summed E-state index contributed by atoms with van der Waals surface area (Å²) in [4.78, 5) is 4.65. The van der Waals surface area contributed by atoms with Gasteiger partial charge in [0.1, 0.15) is 13.1 Å². The topological polar surface area (TPSA) is 32.6 Å². The third kappa shape index (κ3) is 5.07. The van der Waals surface area contributed by atoms with E-state index in [1.165, 1.54) is 32.1 Å². The van der Waals surface area contributed by atoms with Crippen molar-refractivity contribution in [2.45, 2.75) is 58.5 Å². The van der Waals surface area contributed by atoms with E-state index in [0.29, 0.717) is 6.17 Å². The molecule has 0 saturated heterocycles. The molecule has 0 spiro atoms. The van der Waals surface area contributed by atoms with Crippen molar-refractivity contribution in [2.24, 2.45) is 4.99 Å². The molecule has 3 nitrogen and oxygen atoms in total. The molecule has 1 N–H and O–H groups in total. The molecule has 0 saturated carbocycles. The van der Waals surface area contributed by atoms with Gasteiger partial charge in [-0.1, -0.05) is 25.5 Å². The predicted octanol–water partition coefficient (Wildman–Crippen LogP) is 3.14. The summed E-state index contributed by atoms with van der Waals surface area (Å²) in [5.74, 6) is 0. The molecule has 0 aromatic carbocycles. The highest BCUT2D eigenvalue weighted by Crippen LogP contribution is 2.23. The second-order valence-corrected chi connectivity index (χ2v) is 5.49. The zero-order valence-electron chi connectivity index (χ0n) is 12.7. The minimum Gasteiger partial charge on any atom is -0.391 e. The smallest absolute Gasteiger partial charge is 0.182 e. The molecular formula is C16H31N2O+. The highest BCUT2D eigenvalue weighted by molar-refractivity contribution is 5.60. The first-order valence-corrected chi connectivity index (χ1v) is 7.92. The van der Waals surface area contributed by atoms with Gasteiger partial charge in [0.15, 0.2) is 6.17 Å². The molecule has 0 fully saturated rings. The van der Waals surface area contributed by atoms with Crippen LogP contribution in [-0.4, -0.2) is 48.2 Å². The molecule has 0 aliphatic carbocycles. The molecule has 0 aromatic heterocycles. The maximum atomic E-state index is 9.25. The van der Waals surface area contributed by atoms with Gasteiger partial charge in [-0.3, -0.25) is 4.48 Å². The summed E-state index contributed by atoms with van der Waals surface area (Å²) in [7, 11) is 0. The summed E-state index contributed by atoms with van der Waals surface area (Å²) in [6.45, 7) is 7.59. The Morgan fingerprint density at radius 3 is 2.79 bits per heavy atom. The summed E-state index contributed by atoms with van der Waals surface area (Å²) < 4.78 is 0.965. The summed E-state index contributed by atoms with van der Waals surface area (Å²) in [5, 5.41) is 9.25. The Morgan fingerprint density at radius 2 is 2.11 bits per heavy atom. The number of unbranched alkanes of at least 4 members (excludes halogenated alkanes) is 3. The van der Waals surface area contributed by atoms with Crippen LogP contribution >= 0.6 is 0 Å². The first-order chi connectivity index (χ1) is 9.29. The van der Waals surface area contributed by atoms with Gasteiger partial charge in [0.2, 0.25) is 0 Å². The third-order valence-electron chi connectivity index (χ3n) is 4.27. The minimum atomic E-state index is 0.273. The Balaban J connectivity index is 2.23. The molecule has 1 aliphatic heterocycles. The Bertz CT molecular complexity index is 288. The van der Waals surface area contributed by atoms with Gasteiger partial charge < -0.3 is 5.11 Å². The Hall–Kier alpha value is -0.670. The van der Waals surface area contributed by atoms with Gasteiger partial charge >= 0.3 is 0 Å². The van der Waals surface area contributed by atoms with E-state index >= 15 is 0 Å². The zero-order valence-corrected chi connectivity index (χ0v) is 12.7. The van der Waals surface area contributed by atoms with Crippen LogP contribution in [0.3, 0.4) is 0 Å². The van der Waals surface area contributed by atoms with Crippen molar-refractivity contribution in [3.05, 3.63) is 12.2 Å². The normalized spacial score (nSPS) is 26.6. The SMILES string of the molecule is CC/C=C/CCCCCC1N=CC[N+]1(CC)CCO. The van der Waals surface area contributed by atoms with Gasteiger partial charge in [-0.05, 0) is 32.6 Å². The summed E-state index contributed by atoms with van der Waals surface area (Å²) in [6, 6.07) is 0. The molecule has 3 heteroatoms. The van der Waals surface area contributed by atoms with Crippen LogP contribution in [0, 0.1) is 0 Å². The van der Waals surface area contributed by atoms with E-state index in [2.05, 4.69) is 37.2 Å². The fraction of sp³-hybridized carbons (Fsp3) is 0.812. The molecule has 0 aromatic rings. The van der Waals surface area contributed by atoms with Crippen molar-refractivity contribution < 1.29 is 9.59 Å². The maximum Gasteiger partial charge on any atom is 0.182 e. The Kier molecular flexibility index (Phi) is 7.99. The van der Waals surface area contributed by atoms with Gasteiger partial charge in [0.05, 0.1) is 19.4 Å². The molecule has 0 bridgehead atoms. The van der Waals surface area contributed by atoms with Crippen molar-refractivity contribution in [2.75, 3.05) is 26.2 Å². The average Bonchev–Trinajstić information content (AvgIpc) is 2.82. The van der Waals surface area contributed by atoms with Crippen LogP contribution in [0.4, 0.5) is 0 Å². The second kappa shape index (κ2) is 9.27. The van der Waals surface area contributed by atoms with E-state index in [1.54, 1.807) is 0 Å². The molecule has 1 heterocycles. The van der Waals surface area contributed by atoms with Crippen LogP contribution < -0.4 is 0 Å². The molecule has 1 aliphatic rings. The molecule has 19 heavy (non-hydrogen) atoms. The van der Waals surface area contributed by atoms with E-state index in [1.807, 2.05) is 0 Å². The lowest BCUT2D eigenvalue weighted by atomic mass is 10.1. The number of rotatable bonds is 10. The summed E-state index contributed by atoms with van der Waals surface area (Å²) in [6.07, 6.45) is 14.4. The number of likely N-dealkylation sites (N-methyl/N-ethyl adjacent to an activating group) is 1. The standard InChI is InChI=1S/C16H31N2O/c1-3-5-6-7-8-9-10-11-16-17-12-13-18(16,4-2)14-15-19/h5-6,12,16,19H,3-4,7-11,13-15H2,1-2H3/q+1/b6-5+. The van der Waals surface area contributed by atoms with Crippen molar-refractivity contribution in [3.63, 3.8) is 0 Å². The highest BCUT2D eigenvalue weighted by atomic mass is 16.3. The molecular weight excluding hydrogens is 236 g/mol. The maximum absolute atomic E-state index is 9.25. The molecule has 0 radical (unpaired) electrons. The number of aliphatic imine (C=N–C) groups is 1. The van der Waals surface area contributed by atoms with Crippen molar-refractivity contribution in [1.82, 2.24) is 0 Å². The lowest BCUT2D eigenvalue weighted by Gasteiger charge is -2.37. The zero-order chi connectivity index (χ0) is 14.0. The second-order valence-electron chi connectivity index (χ2n) is 5.49. The van der Waals surface area contributed by atoms with Crippen LogP contribution in [0.25, 0.3) is 0 Å². The third-order valence-corrected chi connectivity index (χ3v) is 4.27. The Labute approximate surface area is 118 Å². The number of hydrogen-bond acceptors (Lipinski definition) is 2. The van der Waals surface area contributed by atoms with Gasteiger partial charge in [-0.25, -0.2) is 4.99 Å². The quantitative estimate of drug-likeness (QED) is 0.368. The van der Waals surface area contributed by atoms with E-state index in [0.717, 1.165) is 30.5 Å². The average molecular weight is 267 g/mol. The van der Waals surface area contributed by atoms with Gasteiger partial charge in [0.25, 0.3) is 0 Å². The highest BCUT2D eigenvalue weighted by Gasteiger charge is 2.36. The van der Waals surface area contributed by atoms with Gasteiger partial charge in [-0.15, -0.1) is 0 Å². The number of nitrogens with zero attached hydrogens (tertiary/aromatic N) is 2. The molecule has 2 atom stereocenters. The number of aliphatic hydroxyl groups excluding tert-OH is 1. The van der Waals surface area contributed by atoms with E-state index in [9.17, 15) is 5.11 Å². The first-order valence-electron chi connectivity index (χ1n) is 7.92. The molecule has 2 unspecified atom stereocenters. The van der Waals surface area contributed by atoms with Crippen molar-refractivity contribution >= 4 is 6.21 Å². The number of aliphatic hydroxyl groups is 1. The minimum absolute atomic E-state index is 0.273. The molecule has 0 amide bonds. The lowest BCUT2D eigenvalue weighted by Crippen LogP contribution is -2.53. The van der Waals surface area contributed by atoms with Crippen LogP contribution in [0.15, 0.2) is 17.1 Å². The summed E-state index contributed by atoms with van der Waals surface area (Å²) in [5.41, 5.74) is 0. The number of allylic oxidation sites excluding steroid dienone is 2. The predicted molar refractivity (Wildman–Crippen MR) is 82.4 cm³/mol. The fourth-order valence-corrected chi connectivity index (χ4v) is 2.93. The lowest BCUT2D eigenvalue weighted by molar-refractivity contribution is -0.936. The van der Waals surface area contributed by atoms with E-state index in [-0.39, 0.29) is 6.61 Å².